The van der Waals surface area contributed by atoms with Gasteiger partial charge in [-0.2, -0.15) is 0 Å². The summed E-state index contributed by atoms with van der Waals surface area (Å²) in [6, 6.07) is 12.4. The molecule has 0 aliphatic rings. The summed E-state index contributed by atoms with van der Waals surface area (Å²) in [6.07, 6.45) is 2.50. The molecule has 1 N–H and O–H groups in total. The highest BCUT2D eigenvalue weighted by Crippen LogP contribution is 2.27. The second-order valence-corrected chi connectivity index (χ2v) is 8.11. The lowest BCUT2D eigenvalue weighted by Gasteiger charge is -2.12. The number of non-ortho nitro benzene ring substituents is 1. The van der Waals surface area contributed by atoms with Gasteiger partial charge >= 0.3 is 0 Å². The van der Waals surface area contributed by atoms with Crippen LogP contribution in [0.1, 0.15) is 5.56 Å². The summed E-state index contributed by atoms with van der Waals surface area (Å²) >= 11 is 0. The quantitative estimate of drug-likeness (QED) is 0.458. The molecule has 150 valence electrons. The number of aromatic nitrogens is 1. The lowest BCUT2D eigenvalue weighted by molar-refractivity contribution is -0.385. The van der Waals surface area contributed by atoms with Gasteiger partial charge in [0.1, 0.15) is 11.6 Å². The first-order valence-electron chi connectivity index (χ1n) is 8.33. The van der Waals surface area contributed by atoms with Gasteiger partial charge in [0.05, 0.1) is 15.5 Å². The molecule has 1 aromatic heterocycles. The van der Waals surface area contributed by atoms with Crippen molar-refractivity contribution in [2.45, 2.75) is 11.4 Å². The highest BCUT2D eigenvalue weighted by Gasteiger charge is 2.18. The van der Waals surface area contributed by atoms with E-state index in [4.69, 9.17) is 4.74 Å². The van der Waals surface area contributed by atoms with E-state index >= 15 is 0 Å². The third-order valence-electron chi connectivity index (χ3n) is 3.89. The lowest BCUT2D eigenvalue weighted by Crippen LogP contribution is -2.07. The topological polar surface area (TPSA) is 111 Å². The Morgan fingerprint density at radius 2 is 1.86 bits per heavy atom. The van der Waals surface area contributed by atoms with Crippen LogP contribution < -0.4 is 10.1 Å². The summed E-state index contributed by atoms with van der Waals surface area (Å²) in [5.74, 6) is 0.315. The third-order valence-corrected chi connectivity index (χ3v) is 5.03. The van der Waals surface area contributed by atoms with Crippen molar-refractivity contribution in [2.24, 2.45) is 0 Å². The second kappa shape index (κ2) is 8.23. The predicted octanol–water partition coefficient (Wildman–Crippen LogP) is 3.94. The summed E-state index contributed by atoms with van der Waals surface area (Å²) in [5.41, 5.74) is 0.667. The van der Waals surface area contributed by atoms with E-state index < -0.39 is 14.8 Å². The van der Waals surface area contributed by atoms with Gasteiger partial charge in [-0.1, -0.05) is 0 Å². The van der Waals surface area contributed by atoms with Crippen molar-refractivity contribution >= 4 is 21.2 Å². The first kappa shape index (κ1) is 20.2. The Bertz CT molecular complexity index is 1150. The van der Waals surface area contributed by atoms with Crippen molar-refractivity contribution in [3.63, 3.8) is 0 Å². The molecular formula is C19H16FN3O5S. The van der Waals surface area contributed by atoms with E-state index in [2.05, 4.69) is 10.3 Å². The molecular weight excluding hydrogens is 401 g/mol. The summed E-state index contributed by atoms with van der Waals surface area (Å²) in [4.78, 5) is 14.2. The van der Waals surface area contributed by atoms with E-state index in [0.29, 0.717) is 5.75 Å². The van der Waals surface area contributed by atoms with Gasteiger partial charge in [-0.3, -0.25) is 10.1 Å². The maximum atomic E-state index is 13.0. The van der Waals surface area contributed by atoms with E-state index in [0.717, 1.165) is 17.9 Å². The number of rotatable bonds is 7. The van der Waals surface area contributed by atoms with E-state index in [-0.39, 0.29) is 34.5 Å². The number of ether oxygens (including phenoxy) is 1. The SMILES string of the molecule is CS(=O)(=O)c1cc([N+](=O)[O-])ccc1NCc1ccnc(Oc2ccc(F)cc2)c1. The van der Waals surface area contributed by atoms with Gasteiger partial charge in [0.2, 0.25) is 5.88 Å². The lowest BCUT2D eigenvalue weighted by atomic mass is 10.2. The molecule has 0 radical (unpaired) electrons. The van der Waals surface area contributed by atoms with Gasteiger partial charge in [0.15, 0.2) is 9.84 Å². The molecule has 3 rings (SSSR count). The van der Waals surface area contributed by atoms with Gasteiger partial charge in [-0.05, 0) is 42.0 Å². The smallest absolute Gasteiger partial charge is 0.270 e. The molecule has 29 heavy (non-hydrogen) atoms. The van der Waals surface area contributed by atoms with Crippen LogP contribution in [-0.4, -0.2) is 24.6 Å². The third kappa shape index (κ3) is 5.26. The molecule has 8 nitrogen and oxygen atoms in total. The van der Waals surface area contributed by atoms with Crippen molar-refractivity contribution in [2.75, 3.05) is 11.6 Å². The van der Waals surface area contributed by atoms with Crippen molar-refractivity contribution in [1.82, 2.24) is 4.98 Å². The molecule has 0 saturated heterocycles. The molecule has 0 spiro atoms. The molecule has 10 heteroatoms. The van der Waals surface area contributed by atoms with Crippen molar-refractivity contribution in [3.05, 3.63) is 82.3 Å². The Kier molecular flexibility index (Phi) is 5.74. The number of pyridine rings is 1. The standard InChI is InChI=1S/C19H16FN3O5S/c1-29(26,27)18-11-15(23(24)25)4-7-17(18)22-12-13-8-9-21-19(10-13)28-16-5-2-14(20)3-6-16/h2-11,22H,12H2,1H3. The largest absolute Gasteiger partial charge is 0.439 e. The Morgan fingerprint density at radius 1 is 1.14 bits per heavy atom. The number of nitrogens with zero attached hydrogens (tertiary/aromatic N) is 2. The van der Waals surface area contributed by atoms with E-state index in [1.807, 2.05) is 0 Å². The molecule has 0 saturated carbocycles. The van der Waals surface area contributed by atoms with Crippen LogP contribution in [0.4, 0.5) is 15.8 Å². The molecule has 0 amide bonds. The number of hydrogen-bond acceptors (Lipinski definition) is 7. The Labute approximate surface area is 166 Å². The zero-order valence-electron chi connectivity index (χ0n) is 15.2. The zero-order valence-corrected chi connectivity index (χ0v) is 16.0. The van der Waals surface area contributed by atoms with E-state index in [1.54, 1.807) is 12.1 Å². The van der Waals surface area contributed by atoms with Crippen LogP contribution in [0.3, 0.4) is 0 Å². The normalized spacial score (nSPS) is 11.1. The molecule has 1 heterocycles. The summed E-state index contributed by atoms with van der Waals surface area (Å²) in [6.45, 7) is 0.225. The molecule has 0 unspecified atom stereocenters. The van der Waals surface area contributed by atoms with E-state index in [1.165, 1.54) is 42.6 Å². The number of sulfone groups is 1. The number of anilines is 1. The molecule has 0 fully saturated rings. The fourth-order valence-electron chi connectivity index (χ4n) is 2.51. The van der Waals surface area contributed by atoms with Gasteiger partial charge in [-0.25, -0.2) is 17.8 Å². The maximum absolute atomic E-state index is 13.0. The van der Waals surface area contributed by atoms with Crippen LogP contribution >= 0.6 is 0 Å². The van der Waals surface area contributed by atoms with Gasteiger partial charge in [0.25, 0.3) is 5.69 Å². The van der Waals surface area contributed by atoms with Crippen molar-refractivity contribution in [1.29, 1.82) is 0 Å². The number of nitrogens with one attached hydrogen (secondary N) is 1. The summed E-state index contributed by atoms with van der Waals surface area (Å²) in [7, 11) is -3.68. The highest BCUT2D eigenvalue weighted by atomic mass is 32.2. The fourth-order valence-corrected chi connectivity index (χ4v) is 3.39. The molecule has 0 bridgehead atoms. The van der Waals surface area contributed by atoms with Gasteiger partial charge in [-0.15, -0.1) is 0 Å². The minimum atomic E-state index is -3.68. The Morgan fingerprint density at radius 3 is 2.52 bits per heavy atom. The summed E-state index contributed by atoms with van der Waals surface area (Å²) < 4.78 is 42.6. The fraction of sp³-hybridized carbons (Fsp3) is 0.105. The number of benzene rings is 2. The number of nitro groups is 1. The molecule has 0 aliphatic heterocycles. The van der Waals surface area contributed by atoms with Gasteiger partial charge in [0, 0.05) is 37.2 Å². The minimum Gasteiger partial charge on any atom is -0.439 e. The monoisotopic (exact) mass is 417 g/mol. The first-order valence-corrected chi connectivity index (χ1v) is 10.2. The second-order valence-electron chi connectivity index (χ2n) is 6.12. The Balaban J connectivity index is 1.78. The molecule has 3 aromatic rings. The van der Waals surface area contributed by atoms with E-state index in [9.17, 15) is 22.9 Å². The first-order chi connectivity index (χ1) is 13.7. The average Bonchev–Trinajstić information content (AvgIpc) is 2.67. The summed E-state index contributed by atoms with van der Waals surface area (Å²) in [5, 5.41) is 13.9. The predicted molar refractivity (Wildman–Crippen MR) is 104 cm³/mol. The van der Waals surface area contributed by atoms with Crippen molar-refractivity contribution < 1.29 is 22.5 Å². The zero-order chi connectivity index (χ0) is 21.0. The van der Waals surface area contributed by atoms with Crippen LogP contribution in [0.5, 0.6) is 11.6 Å². The number of nitro benzene ring substituents is 1. The minimum absolute atomic E-state index is 0.163. The number of halogens is 1. The van der Waals surface area contributed by atoms with Crippen LogP contribution in [0.2, 0.25) is 0 Å². The molecule has 0 aliphatic carbocycles. The van der Waals surface area contributed by atoms with Crippen LogP contribution in [-0.2, 0) is 16.4 Å². The van der Waals surface area contributed by atoms with Crippen LogP contribution in [0.25, 0.3) is 0 Å². The van der Waals surface area contributed by atoms with Crippen molar-refractivity contribution in [3.8, 4) is 11.6 Å². The molecule has 0 atom stereocenters. The highest BCUT2D eigenvalue weighted by molar-refractivity contribution is 7.90. The van der Waals surface area contributed by atoms with Crippen LogP contribution in [0, 0.1) is 15.9 Å². The van der Waals surface area contributed by atoms with Gasteiger partial charge < -0.3 is 10.1 Å². The Hall–Kier alpha value is -3.53. The average molecular weight is 417 g/mol. The molecule has 2 aromatic carbocycles. The van der Waals surface area contributed by atoms with Crippen LogP contribution in [0.15, 0.2) is 65.7 Å². The maximum Gasteiger partial charge on any atom is 0.270 e. The number of hydrogen-bond donors (Lipinski definition) is 1.